The van der Waals surface area contributed by atoms with E-state index in [1.807, 2.05) is 18.2 Å². The van der Waals surface area contributed by atoms with Gasteiger partial charge in [0.2, 0.25) is 11.9 Å². The second-order valence-corrected chi connectivity index (χ2v) is 6.75. The van der Waals surface area contributed by atoms with Crippen LogP contribution in [0.2, 0.25) is 0 Å². The minimum Gasteiger partial charge on any atom is -0.317 e. The first-order valence-corrected chi connectivity index (χ1v) is 8.81. The molecule has 2 heterocycles. The largest absolute Gasteiger partial charge is 0.317 e. The first kappa shape index (κ1) is 17.2. The number of nitrogens with zero attached hydrogens (tertiary/aromatic N) is 2. The van der Waals surface area contributed by atoms with Gasteiger partial charge in [0.05, 0.1) is 11.0 Å². The molecule has 2 aliphatic rings. The van der Waals surface area contributed by atoms with Crippen molar-refractivity contribution in [3.05, 3.63) is 24.3 Å². The summed E-state index contributed by atoms with van der Waals surface area (Å²) in [6.45, 7) is 1.86. The van der Waals surface area contributed by atoms with Crippen LogP contribution in [0, 0.1) is 5.92 Å². The Bertz CT molecular complexity index is 702. The topological polar surface area (TPSA) is 59.0 Å². The molecule has 1 aliphatic heterocycles. The van der Waals surface area contributed by atoms with Crippen LogP contribution in [0.4, 0.5) is 5.95 Å². The predicted octanol–water partition coefficient (Wildman–Crippen LogP) is 3.51. The van der Waals surface area contributed by atoms with Crippen LogP contribution in [0.5, 0.6) is 0 Å². The Hall–Kier alpha value is -1.59. The van der Waals surface area contributed by atoms with Gasteiger partial charge in [0, 0.05) is 12.0 Å². The molecule has 1 saturated heterocycles. The van der Waals surface area contributed by atoms with Crippen LogP contribution in [0.3, 0.4) is 0 Å². The zero-order valence-electron chi connectivity index (χ0n) is 13.8. The third-order valence-electron chi connectivity index (χ3n) is 5.23. The second-order valence-electron chi connectivity index (χ2n) is 6.75. The number of carbonyl (C=O) groups excluding carboxylic acids is 1. The van der Waals surface area contributed by atoms with Crippen molar-refractivity contribution in [1.82, 2.24) is 14.9 Å². The van der Waals surface area contributed by atoms with Crippen molar-refractivity contribution in [1.29, 1.82) is 0 Å². The summed E-state index contributed by atoms with van der Waals surface area (Å²) in [7, 11) is 0. The highest BCUT2D eigenvalue weighted by atomic mass is 35.5. The van der Waals surface area contributed by atoms with Crippen molar-refractivity contribution in [2.45, 2.75) is 44.6 Å². The fraction of sp³-hybridized carbons (Fsp3) is 0.556. The van der Waals surface area contributed by atoms with Gasteiger partial charge >= 0.3 is 0 Å². The molecule has 2 N–H and O–H groups in total. The molecule has 130 valence electrons. The van der Waals surface area contributed by atoms with Gasteiger partial charge in [-0.3, -0.25) is 10.1 Å². The zero-order valence-corrected chi connectivity index (χ0v) is 14.6. The van der Waals surface area contributed by atoms with E-state index < -0.39 is 0 Å². The molecule has 1 aromatic heterocycles. The highest BCUT2D eigenvalue weighted by molar-refractivity contribution is 5.93. The number of benzene rings is 1. The Morgan fingerprint density at radius 3 is 2.58 bits per heavy atom. The monoisotopic (exact) mass is 348 g/mol. The van der Waals surface area contributed by atoms with Crippen molar-refractivity contribution in [2.24, 2.45) is 5.92 Å². The lowest BCUT2D eigenvalue weighted by molar-refractivity contribution is -0.120. The van der Waals surface area contributed by atoms with E-state index in [9.17, 15) is 4.79 Å². The van der Waals surface area contributed by atoms with Crippen molar-refractivity contribution in [2.75, 3.05) is 18.4 Å². The Labute approximate surface area is 148 Å². The number of rotatable bonds is 3. The number of para-hydroxylation sites is 2. The van der Waals surface area contributed by atoms with Gasteiger partial charge in [-0.1, -0.05) is 25.0 Å². The molecule has 1 aromatic carbocycles. The van der Waals surface area contributed by atoms with E-state index in [4.69, 9.17) is 4.98 Å². The standard InChI is InChI=1S/C18H24N4O.ClH/c23-17(13-9-11-19-12-10-13)21-18-20-15-7-3-4-8-16(15)22(18)14-5-1-2-6-14;/h3-4,7-8,13-14,19H,1-2,5-6,9-12H2,(H,20,21,23);1H. The average molecular weight is 349 g/mol. The van der Waals surface area contributed by atoms with Crippen molar-refractivity contribution in [3.63, 3.8) is 0 Å². The number of halogens is 1. The maximum Gasteiger partial charge on any atom is 0.229 e. The summed E-state index contributed by atoms with van der Waals surface area (Å²) in [5.74, 6) is 0.968. The van der Waals surface area contributed by atoms with Crippen LogP contribution >= 0.6 is 12.4 Å². The molecule has 0 spiro atoms. The first-order chi connectivity index (χ1) is 11.3. The lowest BCUT2D eigenvalue weighted by Gasteiger charge is -2.22. The second kappa shape index (κ2) is 7.53. The van der Waals surface area contributed by atoms with Gasteiger partial charge in [-0.05, 0) is 50.9 Å². The number of piperidine rings is 1. The molecule has 0 radical (unpaired) electrons. The van der Waals surface area contributed by atoms with Crippen LogP contribution in [0.1, 0.15) is 44.6 Å². The van der Waals surface area contributed by atoms with Gasteiger partial charge in [0.1, 0.15) is 0 Å². The lowest BCUT2D eigenvalue weighted by atomic mass is 9.97. The highest BCUT2D eigenvalue weighted by Crippen LogP contribution is 2.35. The molecule has 6 heteroatoms. The lowest BCUT2D eigenvalue weighted by Crippen LogP contribution is -2.35. The van der Waals surface area contributed by atoms with E-state index in [0.29, 0.717) is 6.04 Å². The fourth-order valence-corrected chi connectivity index (χ4v) is 3.96. The van der Waals surface area contributed by atoms with Gasteiger partial charge in [0.15, 0.2) is 0 Å². The van der Waals surface area contributed by atoms with Crippen molar-refractivity contribution < 1.29 is 4.79 Å². The average Bonchev–Trinajstić information content (AvgIpc) is 3.22. The minimum atomic E-state index is 0. The molecule has 2 aromatic rings. The Morgan fingerprint density at radius 1 is 1.12 bits per heavy atom. The number of carbonyl (C=O) groups is 1. The smallest absolute Gasteiger partial charge is 0.229 e. The number of nitrogens with one attached hydrogen (secondary N) is 2. The molecular weight excluding hydrogens is 324 g/mol. The summed E-state index contributed by atoms with van der Waals surface area (Å²) in [6.07, 6.45) is 6.70. The SMILES string of the molecule is Cl.O=C(Nc1nc2ccccc2n1C1CCCC1)C1CCNCC1. The van der Waals surface area contributed by atoms with Crippen LogP contribution in [-0.2, 0) is 4.79 Å². The van der Waals surface area contributed by atoms with E-state index >= 15 is 0 Å². The molecule has 4 rings (SSSR count). The van der Waals surface area contributed by atoms with Gasteiger partial charge in [-0.2, -0.15) is 0 Å². The number of imidazole rings is 1. The summed E-state index contributed by atoms with van der Waals surface area (Å²) in [5.41, 5.74) is 2.11. The van der Waals surface area contributed by atoms with Crippen LogP contribution in [0.15, 0.2) is 24.3 Å². The van der Waals surface area contributed by atoms with Crippen molar-refractivity contribution in [3.8, 4) is 0 Å². The molecule has 5 nitrogen and oxygen atoms in total. The Morgan fingerprint density at radius 2 is 1.83 bits per heavy atom. The summed E-state index contributed by atoms with van der Waals surface area (Å²) in [4.78, 5) is 17.3. The fourth-order valence-electron chi connectivity index (χ4n) is 3.96. The number of fused-ring (bicyclic) bond motifs is 1. The summed E-state index contributed by atoms with van der Waals surface area (Å²) >= 11 is 0. The minimum absolute atomic E-state index is 0. The summed E-state index contributed by atoms with van der Waals surface area (Å²) < 4.78 is 2.27. The van der Waals surface area contributed by atoms with Crippen LogP contribution in [-0.4, -0.2) is 28.5 Å². The van der Waals surface area contributed by atoms with Gasteiger partial charge in [-0.25, -0.2) is 4.98 Å². The van der Waals surface area contributed by atoms with Gasteiger partial charge in [-0.15, -0.1) is 12.4 Å². The van der Waals surface area contributed by atoms with Crippen LogP contribution < -0.4 is 10.6 Å². The molecule has 1 amide bonds. The van der Waals surface area contributed by atoms with E-state index in [0.717, 1.165) is 42.9 Å². The number of aromatic nitrogens is 2. The number of hydrogen-bond acceptors (Lipinski definition) is 3. The molecule has 2 fully saturated rings. The maximum absolute atomic E-state index is 12.6. The van der Waals surface area contributed by atoms with E-state index in [2.05, 4.69) is 21.3 Å². The normalized spacial score (nSPS) is 19.3. The van der Waals surface area contributed by atoms with E-state index in [1.54, 1.807) is 0 Å². The maximum atomic E-state index is 12.6. The van der Waals surface area contributed by atoms with Gasteiger partial charge < -0.3 is 9.88 Å². The summed E-state index contributed by atoms with van der Waals surface area (Å²) in [6, 6.07) is 8.66. The van der Waals surface area contributed by atoms with Gasteiger partial charge in [0.25, 0.3) is 0 Å². The molecule has 0 bridgehead atoms. The molecule has 0 atom stereocenters. The Kier molecular flexibility index (Phi) is 5.41. The third kappa shape index (κ3) is 3.28. The summed E-state index contributed by atoms with van der Waals surface area (Å²) in [5, 5.41) is 6.44. The number of anilines is 1. The highest BCUT2D eigenvalue weighted by Gasteiger charge is 2.26. The molecule has 0 unspecified atom stereocenters. The van der Waals surface area contributed by atoms with E-state index in [1.165, 1.54) is 25.7 Å². The predicted molar refractivity (Wildman–Crippen MR) is 98.7 cm³/mol. The van der Waals surface area contributed by atoms with Crippen molar-refractivity contribution >= 4 is 35.3 Å². The van der Waals surface area contributed by atoms with Crippen LogP contribution in [0.25, 0.3) is 11.0 Å². The quantitative estimate of drug-likeness (QED) is 0.892. The third-order valence-corrected chi connectivity index (χ3v) is 5.23. The zero-order chi connectivity index (χ0) is 15.6. The first-order valence-electron chi connectivity index (χ1n) is 8.81. The Balaban J connectivity index is 0.00000169. The number of hydrogen-bond donors (Lipinski definition) is 2. The van der Waals surface area contributed by atoms with E-state index in [-0.39, 0.29) is 24.2 Å². The molecule has 1 aliphatic carbocycles. The molecule has 24 heavy (non-hydrogen) atoms. The number of amides is 1. The molecule has 1 saturated carbocycles. The molecular formula is C18H25ClN4O.